The second-order valence-electron chi connectivity index (χ2n) is 4.46. The van der Waals surface area contributed by atoms with Crippen LogP contribution in [0.25, 0.3) is 5.57 Å². The fourth-order valence-electron chi connectivity index (χ4n) is 2.50. The van der Waals surface area contributed by atoms with Crippen molar-refractivity contribution in [3.63, 3.8) is 0 Å². The van der Waals surface area contributed by atoms with Gasteiger partial charge < -0.3 is 4.74 Å². The Labute approximate surface area is 98.9 Å². The van der Waals surface area contributed by atoms with Crippen LogP contribution in [0.5, 0.6) is 0 Å². The summed E-state index contributed by atoms with van der Waals surface area (Å²) in [4.78, 5) is 4.69. The number of nitrogens with zero attached hydrogens (tertiary/aromatic N) is 1. The SMILES string of the molecule is C1=CC2=c3ccccc3=NC2=C2CCC1=CO2. The molecule has 5 rings (SSSR count). The van der Waals surface area contributed by atoms with Crippen LogP contribution in [0.3, 0.4) is 0 Å². The Bertz CT molecular complexity index is 720. The smallest absolute Gasteiger partial charge is 0.130 e. The molecule has 0 amide bonds. The summed E-state index contributed by atoms with van der Waals surface area (Å²) in [5.74, 6) is 1.00. The molecular weight excluding hydrogens is 210 g/mol. The summed E-state index contributed by atoms with van der Waals surface area (Å²) < 4.78 is 5.68. The topological polar surface area (TPSA) is 21.6 Å². The van der Waals surface area contributed by atoms with E-state index in [0.717, 1.165) is 29.7 Å². The fourth-order valence-corrected chi connectivity index (χ4v) is 2.50. The molecule has 0 aromatic heterocycles. The summed E-state index contributed by atoms with van der Waals surface area (Å²) in [5.41, 5.74) is 3.46. The van der Waals surface area contributed by atoms with Crippen LogP contribution in [-0.2, 0) is 4.74 Å². The molecule has 1 aromatic rings. The summed E-state index contributed by atoms with van der Waals surface area (Å²) in [6.45, 7) is 0. The molecule has 0 unspecified atom stereocenters. The molecular formula is C15H11NO. The van der Waals surface area contributed by atoms with Gasteiger partial charge in [0.1, 0.15) is 11.5 Å². The number of fused-ring (bicyclic) bond motifs is 3. The molecule has 17 heavy (non-hydrogen) atoms. The lowest BCUT2D eigenvalue weighted by molar-refractivity contribution is 0.309. The molecule has 0 radical (unpaired) electrons. The van der Waals surface area contributed by atoms with Gasteiger partial charge in [0, 0.05) is 17.2 Å². The third kappa shape index (κ3) is 1.24. The van der Waals surface area contributed by atoms with E-state index >= 15 is 0 Å². The Morgan fingerprint density at radius 1 is 1.06 bits per heavy atom. The van der Waals surface area contributed by atoms with Crippen LogP contribution >= 0.6 is 0 Å². The minimum absolute atomic E-state index is 0.951. The molecule has 2 nitrogen and oxygen atoms in total. The van der Waals surface area contributed by atoms with E-state index in [9.17, 15) is 0 Å². The van der Waals surface area contributed by atoms with Crippen molar-refractivity contribution < 1.29 is 4.74 Å². The molecule has 0 saturated carbocycles. The zero-order valence-corrected chi connectivity index (χ0v) is 9.31. The van der Waals surface area contributed by atoms with Crippen molar-refractivity contribution in [3.05, 3.63) is 70.3 Å². The summed E-state index contributed by atoms with van der Waals surface area (Å²) >= 11 is 0. The molecule has 3 aliphatic heterocycles. The van der Waals surface area contributed by atoms with Gasteiger partial charge in [-0.15, -0.1) is 0 Å². The van der Waals surface area contributed by atoms with Gasteiger partial charge >= 0.3 is 0 Å². The lowest BCUT2D eigenvalue weighted by Gasteiger charge is -2.18. The lowest BCUT2D eigenvalue weighted by atomic mass is 9.99. The van der Waals surface area contributed by atoms with E-state index in [2.05, 4.69) is 35.3 Å². The molecule has 1 aliphatic carbocycles. The molecule has 0 saturated heterocycles. The monoisotopic (exact) mass is 221 g/mol. The molecule has 0 atom stereocenters. The van der Waals surface area contributed by atoms with Crippen molar-refractivity contribution in [1.29, 1.82) is 0 Å². The second kappa shape index (κ2) is 3.20. The van der Waals surface area contributed by atoms with Crippen molar-refractivity contribution in [2.24, 2.45) is 4.99 Å². The maximum Gasteiger partial charge on any atom is 0.130 e. The molecule has 3 heterocycles. The first-order valence-corrected chi connectivity index (χ1v) is 5.87. The maximum absolute atomic E-state index is 5.68. The van der Waals surface area contributed by atoms with E-state index in [1.165, 1.54) is 16.4 Å². The second-order valence-corrected chi connectivity index (χ2v) is 4.46. The van der Waals surface area contributed by atoms with Crippen LogP contribution in [0.1, 0.15) is 12.8 Å². The first kappa shape index (κ1) is 8.99. The first-order chi connectivity index (χ1) is 8.42. The van der Waals surface area contributed by atoms with E-state index in [1.807, 2.05) is 12.3 Å². The Kier molecular flexibility index (Phi) is 1.69. The van der Waals surface area contributed by atoms with Gasteiger partial charge in [-0.2, -0.15) is 0 Å². The number of hydrogen-bond acceptors (Lipinski definition) is 2. The molecule has 0 fully saturated rings. The number of ether oxygens (including phenoxy) is 1. The summed E-state index contributed by atoms with van der Waals surface area (Å²) in [6.07, 6.45) is 8.15. The highest BCUT2D eigenvalue weighted by Gasteiger charge is 2.21. The Balaban J connectivity index is 2.13. The van der Waals surface area contributed by atoms with Crippen LogP contribution < -0.4 is 10.6 Å². The molecule has 0 N–H and O–H groups in total. The summed E-state index contributed by atoms with van der Waals surface area (Å²) in [7, 11) is 0. The van der Waals surface area contributed by atoms with Crippen molar-refractivity contribution in [3.8, 4) is 0 Å². The van der Waals surface area contributed by atoms with Gasteiger partial charge in [-0.05, 0) is 18.1 Å². The largest absolute Gasteiger partial charge is 0.467 e. The molecule has 2 bridgehead atoms. The number of allylic oxidation sites excluding steroid dienone is 4. The number of benzene rings is 1. The standard InChI is InChI=1S/C15H11NO/c1-2-4-13-11(3-1)12-7-5-10-6-8-14(17-9-10)15(12)16-13/h1-5,7,9H,6,8H2. The van der Waals surface area contributed by atoms with Crippen LogP contribution in [0.4, 0.5) is 0 Å². The van der Waals surface area contributed by atoms with Gasteiger partial charge in [-0.3, -0.25) is 0 Å². The number of hydrogen-bond donors (Lipinski definition) is 0. The van der Waals surface area contributed by atoms with Crippen LogP contribution in [0.2, 0.25) is 0 Å². The van der Waals surface area contributed by atoms with Gasteiger partial charge in [0.2, 0.25) is 0 Å². The van der Waals surface area contributed by atoms with Crippen molar-refractivity contribution in [1.82, 2.24) is 0 Å². The predicted molar refractivity (Wildman–Crippen MR) is 65.2 cm³/mol. The van der Waals surface area contributed by atoms with Gasteiger partial charge in [0.05, 0.1) is 11.6 Å². The van der Waals surface area contributed by atoms with E-state index in [0.29, 0.717) is 0 Å². The molecule has 2 heteroatoms. The van der Waals surface area contributed by atoms with Crippen LogP contribution in [-0.4, -0.2) is 0 Å². The zero-order valence-electron chi connectivity index (χ0n) is 9.31. The van der Waals surface area contributed by atoms with Gasteiger partial charge in [0.25, 0.3) is 0 Å². The third-order valence-electron chi connectivity index (χ3n) is 3.40. The van der Waals surface area contributed by atoms with Gasteiger partial charge in [-0.1, -0.05) is 30.4 Å². The Morgan fingerprint density at radius 2 is 2.00 bits per heavy atom. The summed E-state index contributed by atoms with van der Waals surface area (Å²) in [6, 6.07) is 8.25. The van der Waals surface area contributed by atoms with Crippen molar-refractivity contribution in [2.45, 2.75) is 12.8 Å². The fraction of sp³-hybridized carbons (Fsp3) is 0.133. The first-order valence-electron chi connectivity index (χ1n) is 5.87. The minimum Gasteiger partial charge on any atom is -0.467 e. The van der Waals surface area contributed by atoms with Gasteiger partial charge in [0.15, 0.2) is 0 Å². The van der Waals surface area contributed by atoms with E-state index < -0.39 is 0 Å². The van der Waals surface area contributed by atoms with Crippen molar-refractivity contribution >= 4 is 5.57 Å². The third-order valence-corrected chi connectivity index (χ3v) is 3.40. The van der Waals surface area contributed by atoms with Crippen LogP contribution in [0.15, 0.2) is 64.7 Å². The van der Waals surface area contributed by atoms with E-state index in [-0.39, 0.29) is 0 Å². The predicted octanol–water partition coefficient (Wildman–Crippen LogP) is 1.95. The molecule has 0 spiro atoms. The van der Waals surface area contributed by atoms with E-state index in [1.54, 1.807) is 0 Å². The molecule has 1 aromatic carbocycles. The molecule has 82 valence electrons. The van der Waals surface area contributed by atoms with Crippen LogP contribution in [0, 0.1) is 0 Å². The summed E-state index contributed by atoms with van der Waals surface area (Å²) in [5, 5.41) is 2.26. The van der Waals surface area contributed by atoms with Gasteiger partial charge in [-0.25, -0.2) is 4.99 Å². The highest BCUT2D eigenvalue weighted by molar-refractivity contribution is 5.76. The molecule has 4 aliphatic rings. The number of para-hydroxylation sites is 1. The Hall–Kier alpha value is -2.09. The lowest BCUT2D eigenvalue weighted by Crippen LogP contribution is -2.21. The quantitative estimate of drug-likeness (QED) is 0.656. The maximum atomic E-state index is 5.68. The minimum atomic E-state index is 0.951. The number of rotatable bonds is 0. The highest BCUT2D eigenvalue weighted by Crippen LogP contribution is 2.32. The Morgan fingerprint density at radius 3 is 2.88 bits per heavy atom. The van der Waals surface area contributed by atoms with E-state index in [4.69, 9.17) is 4.74 Å². The average Bonchev–Trinajstić information content (AvgIpc) is 2.71. The average molecular weight is 221 g/mol. The van der Waals surface area contributed by atoms with Crippen molar-refractivity contribution in [2.75, 3.05) is 0 Å². The normalized spacial score (nSPS) is 20.0. The highest BCUT2D eigenvalue weighted by atomic mass is 16.5. The zero-order chi connectivity index (χ0) is 11.2.